The van der Waals surface area contributed by atoms with Gasteiger partial charge in [0.15, 0.2) is 6.61 Å². The monoisotopic (exact) mass is 333 g/mol. The Morgan fingerprint density at radius 2 is 1.75 bits per heavy atom. The lowest BCUT2D eigenvalue weighted by Gasteiger charge is -2.08. The van der Waals surface area contributed by atoms with Crippen LogP contribution in [0.15, 0.2) is 42.5 Å². The van der Waals surface area contributed by atoms with Gasteiger partial charge in [0.05, 0.1) is 19.8 Å². The van der Waals surface area contributed by atoms with Crippen LogP contribution < -0.4 is 14.8 Å². The molecule has 0 bridgehead atoms. The summed E-state index contributed by atoms with van der Waals surface area (Å²) < 4.78 is 28.4. The number of esters is 1. The highest BCUT2D eigenvalue weighted by atomic mass is 19.1. The van der Waals surface area contributed by atoms with Crippen molar-refractivity contribution in [3.63, 3.8) is 0 Å². The number of ether oxygens (including phenoxy) is 3. The first-order valence-electron chi connectivity index (χ1n) is 6.98. The Labute approximate surface area is 138 Å². The minimum Gasteiger partial charge on any atom is -0.497 e. The van der Waals surface area contributed by atoms with Crippen LogP contribution in [0.1, 0.15) is 10.4 Å². The number of carbonyl (C=O) groups excluding carboxylic acids is 2. The van der Waals surface area contributed by atoms with Crippen molar-refractivity contribution >= 4 is 17.6 Å². The number of hydrogen-bond donors (Lipinski definition) is 1. The quantitative estimate of drug-likeness (QED) is 0.823. The average molecular weight is 333 g/mol. The Kier molecular flexibility index (Phi) is 5.73. The third kappa shape index (κ3) is 4.45. The Bertz CT molecular complexity index is 748. The molecule has 0 radical (unpaired) electrons. The first-order chi connectivity index (χ1) is 11.5. The van der Waals surface area contributed by atoms with E-state index in [1.807, 2.05) is 0 Å². The summed E-state index contributed by atoms with van der Waals surface area (Å²) in [6.07, 6.45) is 0. The summed E-state index contributed by atoms with van der Waals surface area (Å²) >= 11 is 0. The predicted molar refractivity (Wildman–Crippen MR) is 84.9 cm³/mol. The van der Waals surface area contributed by atoms with Gasteiger partial charge in [-0.1, -0.05) is 6.07 Å². The van der Waals surface area contributed by atoms with Crippen LogP contribution >= 0.6 is 0 Å². The maximum absolute atomic E-state index is 13.7. The molecule has 0 saturated carbocycles. The molecule has 126 valence electrons. The van der Waals surface area contributed by atoms with Crippen molar-refractivity contribution in [3.8, 4) is 11.5 Å². The SMILES string of the molecule is COc1cccc(NC(=O)COC(=O)c2ccc(OC)cc2F)c1. The molecular formula is C17H16FNO5. The van der Waals surface area contributed by atoms with Crippen molar-refractivity contribution in [3.05, 3.63) is 53.8 Å². The van der Waals surface area contributed by atoms with Gasteiger partial charge in [-0.3, -0.25) is 4.79 Å². The zero-order valence-electron chi connectivity index (χ0n) is 13.2. The lowest BCUT2D eigenvalue weighted by molar-refractivity contribution is -0.119. The summed E-state index contributed by atoms with van der Waals surface area (Å²) in [5, 5.41) is 2.55. The summed E-state index contributed by atoms with van der Waals surface area (Å²) in [6.45, 7) is -0.540. The maximum atomic E-state index is 13.7. The molecule has 0 aromatic heterocycles. The van der Waals surface area contributed by atoms with Crippen molar-refractivity contribution in [2.45, 2.75) is 0 Å². The van der Waals surface area contributed by atoms with Crippen molar-refractivity contribution in [1.82, 2.24) is 0 Å². The number of hydrogen-bond acceptors (Lipinski definition) is 5. The van der Waals surface area contributed by atoms with Gasteiger partial charge in [0.2, 0.25) is 0 Å². The first-order valence-corrected chi connectivity index (χ1v) is 6.98. The number of anilines is 1. The van der Waals surface area contributed by atoms with Crippen molar-refractivity contribution in [2.24, 2.45) is 0 Å². The van der Waals surface area contributed by atoms with Crippen LogP contribution in [-0.2, 0) is 9.53 Å². The molecule has 1 amide bonds. The summed E-state index contributed by atoms with van der Waals surface area (Å²) in [6, 6.07) is 10.4. The van der Waals surface area contributed by atoms with Gasteiger partial charge in [0.1, 0.15) is 17.3 Å². The fourth-order valence-corrected chi connectivity index (χ4v) is 1.90. The van der Waals surface area contributed by atoms with Crippen LogP contribution in [0.25, 0.3) is 0 Å². The summed E-state index contributed by atoms with van der Waals surface area (Å²) in [5.41, 5.74) is 0.219. The highest BCUT2D eigenvalue weighted by Crippen LogP contribution is 2.18. The number of methoxy groups -OCH3 is 2. The lowest BCUT2D eigenvalue weighted by atomic mass is 10.2. The van der Waals surface area contributed by atoms with Gasteiger partial charge in [0, 0.05) is 17.8 Å². The average Bonchev–Trinajstić information content (AvgIpc) is 2.59. The standard InChI is InChI=1S/C17H16FNO5/c1-22-12-5-3-4-11(8-12)19-16(20)10-24-17(21)14-7-6-13(23-2)9-15(14)18/h3-9H,10H2,1-2H3,(H,19,20). The number of rotatable bonds is 6. The molecule has 2 aromatic rings. The Balaban J connectivity index is 1.92. The zero-order chi connectivity index (χ0) is 17.5. The molecule has 0 fully saturated rings. The predicted octanol–water partition coefficient (Wildman–Crippen LogP) is 2.64. The van der Waals surface area contributed by atoms with E-state index in [0.717, 1.165) is 6.07 Å². The van der Waals surface area contributed by atoms with Crippen LogP contribution in [0.4, 0.5) is 10.1 Å². The van der Waals surface area contributed by atoms with Crippen LogP contribution in [0.2, 0.25) is 0 Å². The second-order valence-corrected chi connectivity index (χ2v) is 4.70. The van der Waals surface area contributed by atoms with E-state index in [4.69, 9.17) is 14.2 Å². The number of amides is 1. The molecule has 0 spiro atoms. The van der Waals surface area contributed by atoms with E-state index in [2.05, 4.69) is 5.32 Å². The molecule has 0 atom stereocenters. The fourth-order valence-electron chi connectivity index (χ4n) is 1.90. The molecule has 24 heavy (non-hydrogen) atoms. The minimum atomic E-state index is -0.934. The molecule has 1 N–H and O–H groups in total. The van der Waals surface area contributed by atoms with Crippen molar-refractivity contribution < 1.29 is 28.2 Å². The second-order valence-electron chi connectivity index (χ2n) is 4.70. The summed E-state index contributed by atoms with van der Waals surface area (Å²) in [4.78, 5) is 23.6. The highest BCUT2D eigenvalue weighted by molar-refractivity contribution is 5.95. The van der Waals surface area contributed by atoms with E-state index in [0.29, 0.717) is 11.4 Å². The summed E-state index contributed by atoms with van der Waals surface area (Å²) in [5.74, 6) is -1.42. The van der Waals surface area contributed by atoms with E-state index in [1.165, 1.54) is 26.4 Å². The molecule has 0 unspecified atom stereocenters. The van der Waals surface area contributed by atoms with E-state index < -0.39 is 24.3 Å². The highest BCUT2D eigenvalue weighted by Gasteiger charge is 2.15. The molecule has 0 aliphatic heterocycles. The van der Waals surface area contributed by atoms with Crippen LogP contribution in [0, 0.1) is 5.82 Å². The molecule has 0 aliphatic carbocycles. The third-order valence-corrected chi connectivity index (χ3v) is 3.08. The molecule has 7 heteroatoms. The Hall–Kier alpha value is -3.09. The molecular weight excluding hydrogens is 317 g/mol. The van der Waals surface area contributed by atoms with Gasteiger partial charge in [-0.25, -0.2) is 9.18 Å². The van der Waals surface area contributed by atoms with Gasteiger partial charge < -0.3 is 19.5 Å². The van der Waals surface area contributed by atoms with Gasteiger partial charge >= 0.3 is 5.97 Å². The van der Waals surface area contributed by atoms with Gasteiger partial charge in [0.25, 0.3) is 5.91 Å². The van der Waals surface area contributed by atoms with E-state index in [1.54, 1.807) is 24.3 Å². The molecule has 0 saturated heterocycles. The molecule has 2 rings (SSSR count). The number of halogens is 1. The van der Waals surface area contributed by atoms with Gasteiger partial charge in [-0.2, -0.15) is 0 Å². The smallest absolute Gasteiger partial charge is 0.341 e. The largest absolute Gasteiger partial charge is 0.497 e. The van der Waals surface area contributed by atoms with Gasteiger partial charge in [-0.15, -0.1) is 0 Å². The number of carbonyl (C=O) groups is 2. The van der Waals surface area contributed by atoms with Crippen molar-refractivity contribution in [1.29, 1.82) is 0 Å². The second kappa shape index (κ2) is 7.96. The normalized spacial score (nSPS) is 9.96. The fraction of sp³-hybridized carbons (Fsp3) is 0.176. The van der Waals surface area contributed by atoms with Crippen LogP contribution in [0.5, 0.6) is 11.5 Å². The molecule has 0 aliphatic rings. The molecule has 2 aromatic carbocycles. The summed E-state index contributed by atoms with van der Waals surface area (Å²) in [7, 11) is 2.89. The van der Waals surface area contributed by atoms with E-state index in [9.17, 15) is 14.0 Å². The lowest BCUT2D eigenvalue weighted by Crippen LogP contribution is -2.21. The van der Waals surface area contributed by atoms with Gasteiger partial charge in [-0.05, 0) is 24.3 Å². The minimum absolute atomic E-state index is 0.273. The first kappa shape index (κ1) is 17.3. The maximum Gasteiger partial charge on any atom is 0.341 e. The molecule has 0 heterocycles. The van der Waals surface area contributed by atoms with Crippen molar-refractivity contribution in [2.75, 3.05) is 26.1 Å². The van der Waals surface area contributed by atoms with Crippen LogP contribution in [0.3, 0.4) is 0 Å². The Morgan fingerprint density at radius 1 is 1.04 bits per heavy atom. The number of benzene rings is 2. The van der Waals surface area contributed by atoms with E-state index >= 15 is 0 Å². The van der Waals surface area contributed by atoms with Crippen LogP contribution in [-0.4, -0.2) is 32.7 Å². The Morgan fingerprint density at radius 3 is 2.42 bits per heavy atom. The number of nitrogens with one attached hydrogen (secondary N) is 1. The third-order valence-electron chi connectivity index (χ3n) is 3.08. The topological polar surface area (TPSA) is 73.9 Å². The molecule has 6 nitrogen and oxygen atoms in total. The van der Waals surface area contributed by atoms with E-state index in [-0.39, 0.29) is 11.3 Å². The zero-order valence-corrected chi connectivity index (χ0v) is 13.2.